The lowest BCUT2D eigenvalue weighted by atomic mass is 9.58. The number of carbonyl (C=O) groups is 1. The van der Waals surface area contributed by atoms with Gasteiger partial charge < -0.3 is 5.11 Å². The summed E-state index contributed by atoms with van der Waals surface area (Å²) in [6.07, 6.45) is 3.34. The van der Waals surface area contributed by atoms with Gasteiger partial charge in [0.15, 0.2) is 0 Å². The summed E-state index contributed by atoms with van der Waals surface area (Å²) in [5.41, 5.74) is 0.152. The van der Waals surface area contributed by atoms with Crippen molar-refractivity contribution in [2.75, 3.05) is 0 Å². The van der Waals surface area contributed by atoms with Crippen molar-refractivity contribution in [1.29, 1.82) is 0 Å². The summed E-state index contributed by atoms with van der Waals surface area (Å²) in [4.78, 5) is 12.3. The third kappa shape index (κ3) is 2.64. The lowest BCUT2D eigenvalue weighted by Gasteiger charge is -2.53. The third-order valence-corrected chi connectivity index (χ3v) is 5.66. The van der Waals surface area contributed by atoms with E-state index in [-0.39, 0.29) is 11.2 Å². The molecule has 4 heteroatoms. The fourth-order valence-electron chi connectivity index (χ4n) is 2.93. The Morgan fingerprint density at radius 2 is 2.00 bits per heavy atom. The topological polar surface area (TPSA) is 37.3 Å². The van der Waals surface area contributed by atoms with Crippen LogP contribution in [0.4, 0.5) is 4.39 Å². The van der Waals surface area contributed by atoms with Crippen LogP contribution in [0.2, 0.25) is 0 Å². The van der Waals surface area contributed by atoms with E-state index >= 15 is 0 Å². The minimum Gasteiger partial charge on any atom is -0.480 e. The van der Waals surface area contributed by atoms with Crippen LogP contribution in [-0.4, -0.2) is 15.8 Å². The van der Waals surface area contributed by atoms with Gasteiger partial charge in [0, 0.05) is 4.90 Å². The van der Waals surface area contributed by atoms with Gasteiger partial charge in [0.2, 0.25) is 0 Å². The summed E-state index contributed by atoms with van der Waals surface area (Å²) in [5, 5.41) is 9.52. The Hall–Kier alpha value is -1.03. The maximum Gasteiger partial charge on any atom is 0.320 e. The van der Waals surface area contributed by atoms with Crippen molar-refractivity contribution >= 4 is 17.7 Å². The number of carboxylic acids is 1. The summed E-state index contributed by atoms with van der Waals surface area (Å²) in [5.74, 6) is -1.10. The van der Waals surface area contributed by atoms with Crippen LogP contribution in [0.3, 0.4) is 0 Å². The molecule has 1 aliphatic rings. The first-order valence-corrected chi connectivity index (χ1v) is 7.45. The summed E-state index contributed by atoms with van der Waals surface area (Å²) in [6, 6.07) is 6.18. The van der Waals surface area contributed by atoms with E-state index in [9.17, 15) is 14.3 Å². The number of hydrogen-bond donors (Lipinski definition) is 1. The summed E-state index contributed by atoms with van der Waals surface area (Å²) in [6.45, 7) is 4.23. The van der Waals surface area contributed by atoms with Crippen LogP contribution >= 0.6 is 11.8 Å². The summed E-state index contributed by atoms with van der Waals surface area (Å²) in [7, 11) is 0. The van der Waals surface area contributed by atoms with E-state index < -0.39 is 10.7 Å². The Labute approximate surface area is 117 Å². The molecule has 0 atom stereocenters. The molecule has 0 amide bonds. The summed E-state index contributed by atoms with van der Waals surface area (Å²) >= 11 is 1.29. The van der Waals surface area contributed by atoms with Crippen LogP contribution in [-0.2, 0) is 4.79 Å². The average Bonchev–Trinajstić information content (AvgIpc) is 2.33. The maximum atomic E-state index is 13.2. The largest absolute Gasteiger partial charge is 0.480 e. The molecule has 0 spiro atoms. The second-order valence-electron chi connectivity index (χ2n) is 5.42. The van der Waals surface area contributed by atoms with Crippen LogP contribution in [0.25, 0.3) is 0 Å². The predicted octanol–water partition coefficient (Wildman–Crippen LogP) is 4.34. The molecule has 0 aromatic heterocycles. The standard InChI is InChI=1S/C15H19FO2S/c1-3-14(4-2)9-15(10-14,13(17)18)19-12-7-5-6-11(16)8-12/h5-8H,3-4,9-10H2,1-2H3,(H,17,18). The second-order valence-corrected chi connectivity index (χ2v) is 6.88. The molecule has 2 nitrogen and oxygen atoms in total. The summed E-state index contributed by atoms with van der Waals surface area (Å²) < 4.78 is 12.4. The highest BCUT2D eigenvalue weighted by Crippen LogP contribution is 2.60. The zero-order valence-corrected chi connectivity index (χ0v) is 12.1. The van der Waals surface area contributed by atoms with Crippen molar-refractivity contribution in [1.82, 2.24) is 0 Å². The first kappa shape index (κ1) is 14.4. The number of halogens is 1. The highest BCUT2D eigenvalue weighted by atomic mass is 32.2. The van der Waals surface area contributed by atoms with Crippen LogP contribution in [0.5, 0.6) is 0 Å². The van der Waals surface area contributed by atoms with Gasteiger partial charge in [0.05, 0.1) is 0 Å². The molecule has 0 bridgehead atoms. The van der Waals surface area contributed by atoms with Gasteiger partial charge in [0.25, 0.3) is 0 Å². The lowest BCUT2D eigenvalue weighted by Crippen LogP contribution is -2.54. The number of hydrogen-bond acceptors (Lipinski definition) is 2. The smallest absolute Gasteiger partial charge is 0.320 e. The number of carboxylic acid groups (broad SMARTS) is 1. The lowest BCUT2D eigenvalue weighted by molar-refractivity contribution is -0.147. The normalized spacial score (nSPS) is 19.7. The van der Waals surface area contributed by atoms with Gasteiger partial charge in [-0.2, -0.15) is 0 Å². The first-order valence-electron chi connectivity index (χ1n) is 6.63. The van der Waals surface area contributed by atoms with E-state index in [0.717, 1.165) is 12.8 Å². The van der Waals surface area contributed by atoms with Crippen molar-refractivity contribution in [3.8, 4) is 0 Å². The van der Waals surface area contributed by atoms with Gasteiger partial charge in [-0.05, 0) is 36.5 Å². The first-order chi connectivity index (χ1) is 8.95. The van der Waals surface area contributed by atoms with E-state index in [4.69, 9.17) is 0 Å². The number of aliphatic carboxylic acids is 1. The Morgan fingerprint density at radius 1 is 1.37 bits per heavy atom. The van der Waals surface area contributed by atoms with E-state index in [1.165, 1.54) is 23.9 Å². The average molecular weight is 282 g/mol. The fraction of sp³-hybridized carbons (Fsp3) is 0.533. The van der Waals surface area contributed by atoms with Gasteiger partial charge in [-0.1, -0.05) is 32.8 Å². The number of thioether (sulfide) groups is 1. The highest BCUT2D eigenvalue weighted by Gasteiger charge is 2.58. The van der Waals surface area contributed by atoms with Crippen molar-refractivity contribution in [3.63, 3.8) is 0 Å². The van der Waals surface area contributed by atoms with Crippen LogP contribution < -0.4 is 0 Å². The zero-order valence-electron chi connectivity index (χ0n) is 11.3. The fourth-order valence-corrected chi connectivity index (χ4v) is 4.55. The van der Waals surface area contributed by atoms with Crippen molar-refractivity contribution in [3.05, 3.63) is 30.1 Å². The van der Waals surface area contributed by atoms with E-state index in [0.29, 0.717) is 17.7 Å². The van der Waals surface area contributed by atoms with Crippen LogP contribution in [0.15, 0.2) is 29.2 Å². The molecule has 1 N–H and O–H groups in total. The van der Waals surface area contributed by atoms with Crippen LogP contribution in [0, 0.1) is 11.2 Å². The van der Waals surface area contributed by atoms with Gasteiger partial charge in [0.1, 0.15) is 10.6 Å². The van der Waals surface area contributed by atoms with Crippen LogP contribution in [0.1, 0.15) is 39.5 Å². The molecule has 1 aliphatic carbocycles. The zero-order chi connectivity index (χ0) is 14.1. The molecule has 2 rings (SSSR count). The van der Waals surface area contributed by atoms with E-state index in [1.54, 1.807) is 12.1 Å². The van der Waals surface area contributed by atoms with Gasteiger partial charge in [-0.15, -0.1) is 11.8 Å². The quantitative estimate of drug-likeness (QED) is 0.872. The second kappa shape index (κ2) is 5.16. The molecule has 1 aromatic carbocycles. The SMILES string of the molecule is CCC1(CC)CC(Sc2cccc(F)c2)(C(=O)O)C1. The predicted molar refractivity (Wildman–Crippen MR) is 74.9 cm³/mol. The molecule has 1 aromatic rings. The van der Waals surface area contributed by atoms with Gasteiger partial charge in [-0.3, -0.25) is 4.79 Å². The minimum atomic E-state index is -0.778. The van der Waals surface area contributed by atoms with Crippen molar-refractivity contribution in [2.45, 2.75) is 49.2 Å². The maximum absolute atomic E-state index is 13.2. The minimum absolute atomic E-state index is 0.152. The Morgan fingerprint density at radius 3 is 2.47 bits per heavy atom. The van der Waals surface area contributed by atoms with Crippen molar-refractivity contribution in [2.24, 2.45) is 5.41 Å². The molecule has 1 fully saturated rings. The molecular formula is C15H19FO2S. The van der Waals surface area contributed by atoms with Gasteiger partial charge in [-0.25, -0.2) is 4.39 Å². The molecule has 0 saturated heterocycles. The highest BCUT2D eigenvalue weighted by molar-refractivity contribution is 8.01. The third-order valence-electron chi connectivity index (χ3n) is 4.32. The molecule has 0 unspecified atom stereocenters. The number of benzene rings is 1. The molecule has 19 heavy (non-hydrogen) atoms. The molecular weight excluding hydrogens is 263 g/mol. The Bertz CT molecular complexity index is 475. The van der Waals surface area contributed by atoms with E-state index in [1.807, 2.05) is 0 Å². The molecule has 0 radical (unpaired) electrons. The molecule has 104 valence electrons. The van der Waals surface area contributed by atoms with Gasteiger partial charge >= 0.3 is 5.97 Å². The van der Waals surface area contributed by atoms with Crippen molar-refractivity contribution < 1.29 is 14.3 Å². The monoisotopic (exact) mass is 282 g/mol. The number of rotatable bonds is 5. The molecule has 1 saturated carbocycles. The Kier molecular flexibility index (Phi) is 3.90. The van der Waals surface area contributed by atoms with E-state index in [2.05, 4.69) is 13.8 Å². The molecule has 0 heterocycles. The molecule has 0 aliphatic heterocycles. The Balaban J connectivity index is 2.18.